The zero-order valence-corrected chi connectivity index (χ0v) is 12.9. The van der Waals surface area contributed by atoms with Gasteiger partial charge in [-0.05, 0) is 54.8 Å². The van der Waals surface area contributed by atoms with Crippen molar-refractivity contribution in [1.29, 1.82) is 0 Å². The monoisotopic (exact) mass is 312 g/mol. The number of fused-ring (bicyclic) bond motifs is 1. The Morgan fingerprint density at radius 1 is 1.09 bits per heavy atom. The van der Waals surface area contributed by atoms with E-state index in [-0.39, 0.29) is 11.8 Å². The molecule has 2 aliphatic rings. The van der Waals surface area contributed by atoms with Gasteiger partial charge in [0.25, 0.3) is 0 Å². The van der Waals surface area contributed by atoms with Crippen LogP contribution in [0.15, 0.2) is 48.5 Å². The first-order valence-electron chi connectivity index (χ1n) is 7.60. The Balaban J connectivity index is 1.97. The average molecular weight is 313 g/mol. The number of halogens is 1. The zero-order chi connectivity index (χ0) is 15.2. The lowest BCUT2D eigenvalue weighted by atomic mass is 9.66. The van der Waals surface area contributed by atoms with Crippen LogP contribution in [0.5, 0.6) is 0 Å². The van der Waals surface area contributed by atoms with Gasteiger partial charge in [0.15, 0.2) is 0 Å². The Labute approximate surface area is 134 Å². The summed E-state index contributed by atoms with van der Waals surface area (Å²) >= 11 is 6.05. The molecular weight excluding hydrogens is 296 g/mol. The second kappa shape index (κ2) is 5.11. The van der Waals surface area contributed by atoms with Gasteiger partial charge in [-0.15, -0.1) is 0 Å². The molecule has 2 aromatic carbocycles. The molecule has 2 N–H and O–H groups in total. The SMILES string of the molecule is O=C1Nc2ccccc2C1(c1ccc(Cl)cc1)[C@@H]1CCNC1. The van der Waals surface area contributed by atoms with E-state index in [4.69, 9.17) is 11.6 Å². The number of hydrogen-bond acceptors (Lipinski definition) is 2. The summed E-state index contributed by atoms with van der Waals surface area (Å²) < 4.78 is 0. The van der Waals surface area contributed by atoms with E-state index in [9.17, 15) is 4.79 Å². The molecule has 0 bridgehead atoms. The molecule has 112 valence electrons. The molecule has 0 radical (unpaired) electrons. The second-order valence-corrected chi connectivity index (χ2v) is 6.44. The van der Waals surface area contributed by atoms with Crippen molar-refractivity contribution in [2.75, 3.05) is 18.4 Å². The molecule has 0 spiro atoms. The highest BCUT2D eigenvalue weighted by Crippen LogP contribution is 2.49. The lowest BCUT2D eigenvalue weighted by molar-refractivity contribution is -0.121. The van der Waals surface area contributed by atoms with Crippen LogP contribution in [0.25, 0.3) is 0 Å². The summed E-state index contributed by atoms with van der Waals surface area (Å²) in [6.07, 6.45) is 0.990. The maximum absolute atomic E-state index is 13.1. The van der Waals surface area contributed by atoms with Gasteiger partial charge in [-0.1, -0.05) is 41.9 Å². The first-order valence-corrected chi connectivity index (χ1v) is 7.98. The Hall–Kier alpha value is -1.84. The number of rotatable bonds is 2. The fourth-order valence-corrected chi connectivity index (χ4v) is 4.07. The van der Waals surface area contributed by atoms with Crippen molar-refractivity contribution < 1.29 is 4.79 Å². The number of amides is 1. The van der Waals surface area contributed by atoms with E-state index in [1.165, 1.54) is 0 Å². The molecule has 0 saturated carbocycles. The quantitative estimate of drug-likeness (QED) is 0.894. The largest absolute Gasteiger partial charge is 0.325 e. The Morgan fingerprint density at radius 3 is 2.59 bits per heavy atom. The lowest BCUT2D eigenvalue weighted by Crippen LogP contribution is -2.44. The summed E-state index contributed by atoms with van der Waals surface area (Å²) in [5.41, 5.74) is 2.41. The van der Waals surface area contributed by atoms with Crippen LogP contribution in [0.4, 0.5) is 5.69 Å². The van der Waals surface area contributed by atoms with Gasteiger partial charge in [0.1, 0.15) is 5.41 Å². The molecule has 0 aliphatic carbocycles. The van der Waals surface area contributed by atoms with Gasteiger partial charge in [0.05, 0.1) is 0 Å². The molecule has 1 amide bonds. The van der Waals surface area contributed by atoms with E-state index in [1.54, 1.807) is 0 Å². The highest BCUT2D eigenvalue weighted by Gasteiger charge is 2.53. The van der Waals surface area contributed by atoms with Crippen LogP contribution in [0.1, 0.15) is 17.5 Å². The normalized spacial score (nSPS) is 26.8. The van der Waals surface area contributed by atoms with E-state index in [0.717, 1.165) is 36.3 Å². The molecule has 1 fully saturated rings. The molecule has 1 saturated heterocycles. The molecule has 4 heteroatoms. The van der Waals surface area contributed by atoms with Gasteiger partial charge in [0, 0.05) is 10.7 Å². The summed E-state index contributed by atoms with van der Waals surface area (Å²) in [5, 5.41) is 7.17. The molecule has 1 unspecified atom stereocenters. The topological polar surface area (TPSA) is 41.1 Å². The number of hydrogen-bond donors (Lipinski definition) is 2. The first kappa shape index (κ1) is 13.8. The Kier molecular flexibility index (Phi) is 3.21. The van der Waals surface area contributed by atoms with E-state index in [1.807, 2.05) is 42.5 Å². The lowest BCUT2D eigenvalue weighted by Gasteiger charge is -2.34. The van der Waals surface area contributed by atoms with Crippen molar-refractivity contribution in [1.82, 2.24) is 5.32 Å². The number of nitrogens with one attached hydrogen (secondary N) is 2. The molecule has 0 aromatic heterocycles. The minimum absolute atomic E-state index is 0.0738. The summed E-state index contributed by atoms with van der Waals surface area (Å²) in [6, 6.07) is 15.7. The van der Waals surface area contributed by atoms with E-state index >= 15 is 0 Å². The smallest absolute Gasteiger partial charge is 0.239 e. The fraction of sp³-hybridized carbons (Fsp3) is 0.278. The standard InChI is InChI=1S/C18H17ClN2O/c19-14-7-5-12(6-8-14)18(13-9-10-20-11-13)15-3-1-2-4-16(15)21-17(18)22/h1-8,13,20H,9-11H2,(H,21,22)/t13-,18?/m1/s1. The molecule has 3 nitrogen and oxygen atoms in total. The van der Waals surface area contributed by atoms with Gasteiger partial charge in [-0.3, -0.25) is 4.79 Å². The molecular formula is C18H17ClN2O. The minimum atomic E-state index is -0.620. The highest BCUT2D eigenvalue weighted by molar-refractivity contribution is 6.30. The molecule has 2 aromatic rings. The molecule has 2 heterocycles. The zero-order valence-electron chi connectivity index (χ0n) is 12.1. The third kappa shape index (κ3) is 1.82. The third-order valence-electron chi connectivity index (χ3n) is 4.93. The highest BCUT2D eigenvalue weighted by atomic mass is 35.5. The van der Waals surface area contributed by atoms with E-state index in [2.05, 4.69) is 16.7 Å². The molecule has 2 aliphatic heterocycles. The maximum atomic E-state index is 13.1. The second-order valence-electron chi connectivity index (χ2n) is 6.00. The summed E-state index contributed by atoms with van der Waals surface area (Å²) in [7, 11) is 0. The molecule has 2 atom stereocenters. The minimum Gasteiger partial charge on any atom is -0.325 e. The average Bonchev–Trinajstić information content (AvgIpc) is 3.14. The van der Waals surface area contributed by atoms with Crippen molar-refractivity contribution in [3.8, 4) is 0 Å². The summed E-state index contributed by atoms with van der Waals surface area (Å²) in [4.78, 5) is 13.1. The molecule has 4 rings (SSSR count). The van der Waals surface area contributed by atoms with Gasteiger partial charge < -0.3 is 10.6 Å². The Bertz CT molecular complexity index is 722. The van der Waals surface area contributed by atoms with Crippen LogP contribution in [0.2, 0.25) is 5.02 Å². The van der Waals surface area contributed by atoms with Crippen LogP contribution < -0.4 is 10.6 Å². The van der Waals surface area contributed by atoms with Crippen LogP contribution in [-0.4, -0.2) is 19.0 Å². The third-order valence-corrected chi connectivity index (χ3v) is 5.18. The van der Waals surface area contributed by atoms with Gasteiger partial charge in [-0.2, -0.15) is 0 Å². The number of benzene rings is 2. The van der Waals surface area contributed by atoms with Gasteiger partial charge >= 0.3 is 0 Å². The fourth-order valence-electron chi connectivity index (χ4n) is 3.94. The number of para-hydroxylation sites is 1. The van der Waals surface area contributed by atoms with Crippen LogP contribution >= 0.6 is 11.6 Å². The Morgan fingerprint density at radius 2 is 1.86 bits per heavy atom. The van der Waals surface area contributed by atoms with Crippen molar-refractivity contribution in [2.45, 2.75) is 11.8 Å². The van der Waals surface area contributed by atoms with Crippen molar-refractivity contribution in [2.24, 2.45) is 5.92 Å². The van der Waals surface area contributed by atoms with E-state index in [0.29, 0.717) is 5.02 Å². The van der Waals surface area contributed by atoms with Gasteiger partial charge in [0.2, 0.25) is 5.91 Å². The van der Waals surface area contributed by atoms with Crippen molar-refractivity contribution >= 4 is 23.2 Å². The summed E-state index contributed by atoms with van der Waals surface area (Å²) in [6.45, 7) is 1.81. The van der Waals surface area contributed by atoms with Crippen LogP contribution in [0, 0.1) is 5.92 Å². The van der Waals surface area contributed by atoms with Crippen molar-refractivity contribution in [3.05, 3.63) is 64.7 Å². The van der Waals surface area contributed by atoms with Crippen LogP contribution in [-0.2, 0) is 10.2 Å². The summed E-state index contributed by atoms with van der Waals surface area (Å²) in [5.74, 6) is 0.321. The molecule has 22 heavy (non-hydrogen) atoms. The number of carbonyl (C=O) groups excluding carboxylic acids is 1. The predicted octanol–water partition coefficient (Wildman–Crippen LogP) is 3.19. The maximum Gasteiger partial charge on any atom is 0.239 e. The van der Waals surface area contributed by atoms with Crippen molar-refractivity contribution in [3.63, 3.8) is 0 Å². The van der Waals surface area contributed by atoms with E-state index < -0.39 is 5.41 Å². The number of anilines is 1. The predicted molar refractivity (Wildman–Crippen MR) is 88.3 cm³/mol. The van der Waals surface area contributed by atoms with Crippen LogP contribution in [0.3, 0.4) is 0 Å². The first-order chi connectivity index (χ1) is 10.7. The van der Waals surface area contributed by atoms with Gasteiger partial charge in [-0.25, -0.2) is 0 Å². The number of carbonyl (C=O) groups is 1.